The highest BCUT2D eigenvalue weighted by Gasteiger charge is 2.25. The van der Waals surface area contributed by atoms with Gasteiger partial charge in [-0.2, -0.15) is 14.9 Å². The van der Waals surface area contributed by atoms with Crippen LogP contribution >= 0.6 is 0 Å². The maximum Gasteiger partial charge on any atom is 0.280 e. The molecule has 9 nitrogen and oxygen atoms in total. The molecule has 0 radical (unpaired) electrons. The number of hydrogen-bond acceptors (Lipinski definition) is 6. The molecular formula is C21H16N8O. The second-order valence-electron chi connectivity index (χ2n) is 7.33. The minimum absolute atomic E-state index is 0.237. The van der Waals surface area contributed by atoms with Gasteiger partial charge in [-0.25, -0.2) is 15.0 Å². The molecule has 6 rings (SSSR count). The zero-order valence-electron chi connectivity index (χ0n) is 15.8. The number of fused-ring (bicyclic) bond motifs is 1. The lowest BCUT2D eigenvalue weighted by Crippen LogP contribution is -2.22. The number of H-pyrrole nitrogens is 1. The number of aromatic nitrogens is 8. The summed E-state index contributed by atoms with van der Waals surface area (Å²) in [5.41, 5.74) is 2.34. The molecule has 0 saturated heterocycles. The average Bonchev–Trinajstić information content (AvgIpc) is 3.27. The lowest BCUT2D eigenvalue weighted by atomic mass is 10.2. The Kier molecular flexibility index (Phi) is 3.61. The van der Waals surface area contributed by atoms with Gasteiger partial charge in [0.25, 0.3) is 5.56 Å². The Labute approximate surface area is 170 Å². The van der Waals surface area contributed by atoms with Crippen molar-refractivity contribution < 1.29 is 0 Å². The Hall–Kier alpha value is -4.14. The summed E-state index contributed by atoms with van der Waals surface area (Å²) >= 11 is 0. The normalized spacial score (nSPS) is 13.7. The third-order valence-corrected chi connectivity index (χ3v) is 5.28. The second-order valence-corrected chi connectivity index (χ2v) is 7.33. The van der Waals surface area contributed by atoms with Crippen molar-refractivity contribution in [3.05, 3.63) is 77.5 Å². The molecule has 1 fully saturated rings. The zero-order chi connectivity index (χ0) is 20.1. The average molecular weight is 396 g/mol. The maximum atomic E-state index is 13.2. The van der Waals surface area contributed by atoms with E-state index in [0.717, 1.165) is 16.8 Å². The van der Waals surface area contributed by atoms with Crippen molar-refractivity contribution in [2.45, 2.75) is 18.8 Å². The van der Waals surface area contributed by atoms with Crippen LogP contribution in [0.15, 0.2) is 66.2 Å². The number of aromatic amines is 1. The molecule has 1 saturated carbocycles. The van der Waals surface area contributed by atoms with E-state index in [0.29, 0.717) is 28.6 Å². The van der Waals surface area contributed by atoms with Gasteiger partial charge in [0.05, 0.1) is 23.6 Å². The minimum Gasteiger partial charge on any atom is -0.306 e. The van der Waals surface area contributed by atoms with E-state index in [1.165, 1.54) is 23.9 Å². The van der Waals surface area contributed by atoms with E-state index in [1.807, 2.05) is 29.0 Å². The third kappa shape index (κ3) is 2.79. The second kappa shape index (κ2) is 6.45. The number of pyridine rings is 1. The van der Waals surface area contributed by atoms with Gasteiger partial charge in [0, 0.05) is 23.2 Å². The number of imidazole rings is 1. The highest BCUT2D eigenvalue weighted by molar-refractivity contribution is 5.83. The summed E-state index contributed by atoms with van der Waals surface area (Å²) in [7, 11) is 0. The number of hydrogen-bond donors (Lipinski definition) is 1. The summed E-state index contributed by atoms with van der Waals surface area (Å²) in [4.78, 5) is 26.4. The van der Waals surface area contributed by atoms with Gasteiger partial charge in [0.1, 0.15) is 12.0 Å². The van der Waals surface area contributed by atoms with Gasteiger partial charge in [-0.3, -0.25) is 9.89 Å². The molecule has 30 heavy (non-hydrogen) atoms. The highest BCUT2D eigenvalue weighted by atomic mass is 16.1. The minimum atomic E-state index is -0.237. The molecule has 0 atom stereocenters. The predicted molar refractivity (Wildman–Crippen MR) is 110 cm³/mol. The molecule has 1 aromatic carbocycles. The van der Waals surface area contributed by atoms with Gasteiger partial charge in [-0.15, -0.1) is 0 Å². The Morgan fingerprint density at radius 2 is 2.03 bits per heavy atom. The van der Waals surface area contributed by atoms with E-state index in [4.69, 9.17) is 0 Å². The fourth-order valence-corrected chi connectivity index (χ4v) is 3.52. The SMILES string of the molecule is O=c1c2cc(-n3cnc(C4CC4)c3)ccc2cnn1-c1cccc(-c2ncn[nH]2)n1. The molecule has 1 aliphatic rings. The fourth-order valence-electron chi connectivity index (χ4n) is 3.52. The number of nitrogens with zero attached hydrogens (tertiary/aromatic N) is 7. The Morgan fingerprint density at radius 3 is 2.87 bits per heavy atom. The summed E-state index contributed by atoms with van der Waals surface area (Å²) in [6, 6.07) is 11.1. The number of nitrogens with one attached hydrogen (secondary N) is 1. The summed E-state index contributed by atoms with van der Waals surface area (Å²) in [6.07, 6.45) is 9.33. The van der Waals surface area contributed by atoms with Crippen LogP contribution in [0.5, 0.6) is 0 Å². The van der Waals surface area contributed by atoms with Crippen LogP contribution in [0.2, 0.25) is 0 Å². The van der Waals surface area contributed by atoms with Gasteiger partial charge in [-0.05, 0) is 37.1 Å². The molecule has 4 aromatic heterocycles. The Bertz CT molecular complexity index is 1430. The molecule has 0 aliphatic heterocycles. The van der Waals surface area contributed by atoms with E-state index >= 15 is 0 Å². The molecule has 0 unspecified atom stereocenters. The van der Waals surface area contributed by atoms with Crippen LogP contribution in [-0.2, 0) is 0 Å². The first kappa shape index (κ1) is 16.8. The third-order valence-electron chi connectivity index (χ3n) is 5.28. The largest absolute Gasteiger partial charge is 0.306 e. The van der Waals surface area contributed by atoms with Crippen LogP contribution in [0.1, 0.15) is 24.5 Å². The van der Waals surface area contributed by atoms with Crippen molar-refractivity contribution in [2.24, 2.45) is 0 Å². The molecule has 4 heterocycles. The lowest BCUT2D eigenvalue weighted by Gasteiger charge is -2.08. The van der Waals surface area contributed by atoms with Crippen LogP contribution in [0, 0.1) is 0 Å². The van der Waals surface area contributed by atoms with E-state index < -0.39 is 0 Å². The van der Waals surface area contributed by atoms with Gasteiger partial charge < -0.3 is 4.57 Å². The molecule has 146 valence electrons. The molecule has 1 N–H and O–H groups in total. The van der Waals surface area contributed by atoms with Crippen molar-refractivity contribution in [1.29, 1.82) is 0 Å². The fraction of sp³-hybridized carbons (Fsp3) is 0.143. The van der Waals surface area contributed by atoms with Crippen LogP contribution in [0.3, 0.4) is 0 Å². The number of benzene rings is 1. The van der Waals surface area contributed by atoms with Gasteiger partial charge in [0.2, 0.25) is 0 Å². The van der Waals surface area contributed by atoms with E-state index in [-0.39, 0.29) is 5.56 Å². The molecule has 0 amide bonds. The van der Waals surface area contributed by atoms with Crippen molar-refractivity contribution in [1.82, 2.24) is 39.5 Å². The Balaban J connectivity index is 1.45. The monoisotopic (exact) mass is 396 g/mol. The molecule has 0 spiro atoms. The molecule has 9 heteroatoms. The Morgan fingerprint density at radius 1 is 1.10 bits per heavy atom. The van der Waals surface area contributed by atoms with Crippen LogP contribution < -0.4 is 5.56 Å². The summed E-state index contributed by atoms with van der Waals surface area (Å²) in [5.74, 6) is 1.52. The molecular weight excluding hydrogens is 380 g/mol. The lowest BCUT2D eigenvalue weighted by molar-refractivity contribution is 0.794. The molecule has 1 aliphatic carbocycles. The summed E-state index contributed by atoms with van der Waals surface area (Å²) in [6.45, 7) is 0. The van der Waals surface area contributed by atoms with Crippen LogP contribution in [-0.4, -0.2) is 39.5 Å². The predicted octanol–water partition coefficient (Wildman–Crippen LogP) is 2.63. The summed E-state index contributed by atoms with van der Waals surface area (Å²) < 4.78 is 3.26. The molecule has 0 bridgehead atoms. The van der Waals surface area contributed by atoms with Gasteiger partial charge in [0.15, 0.2) is 11.6 Å². The zero-order valence-corrected chi connectivity index (χ0v) is 15.8. The van der Waals surface area contributed by atoms with Crippen LogP contribution in [0.4, 0.5) is 0 Å². The molecule has 5 aromatic rings. The first-order chi connectivity index (χ1) is 14.8. The topological polar surface area (TPSA) is 107 Å². The van der Waals surface area contributed by atoms with Crippen molar-refractivity contribution in [3.63, 3.8) is 0 Å². The smallest absolute Gasteiger partial charge is 0.280 e. The van der Waals surface area contributed by atoms with Gasteiger partial charge >= 0.3 is 0 Å². The van der Waals surface area contributed by atoms with Crippen molar-refractivity contribution >= 4 is 10.8 Å². The first-order valence-corrected chi connectivity index (χ1v) is 9.66. The standard InChI is InChI=1S/C21H16N8O/c30-21-16-8-15(28-10-18(23-12-28)13-4-5-13)7-6-14(16)9-25-29(21)19-3-1-2-17(26-19)20-22-11-24-27-20/h1-3,6-13H,4-5H2,(H,22,24,27). The number of rotatable bonds is 4. The van der Waals surface area contributed by atoms with Gasteiger partial charge in [-0.1, -0.05) is 12.1 Å². The van der Waals surface area contributed by atoms with Crippen LogP contribution in [0.25, 0.3) is 33.8 Å². The first-order valence-electron chi connectivity index (χ1n) is 9.66. The van der Waals surface area contributed by atoms with E-state index in [1.54, 1.807) is 30.7 Å². The van der Waals surface area contributed by atoms with Crippen molar-refractivity contribution in [2.75, 3.05) is 0 Å². The quantitative estimate of drug-likeness (QED) is 0.500. The van der Waals surface area contributed by atoms with E-state index in [2.05, 4.69) is 30.2 Å². The van der Waals surface area contributed by atoms with E-state index in [9.17, 15) is 4.79 Å². The summed E-state index contributed by atoms with van der Waals surface area (Å²) in [5, 5.41) is 12.3. The maximum absolute atomic E-state index is 13.2. The highest BCUT2D eigenvalue weighted by Crippen LogP contribution is 2.39. The van der Waals surface area contributed by atoms with Crippen molar-refractivity contribution in [3.8, 4) is 23.0 Å².